The molecule has 8 heteroatoms. The van der Waals surface area contributed by atoms with Crippen molar-refractivity contribution in [1.82, 2.24) is 19.5 Å². The molecule has 8 nitrogen and oxygen atoms in total. The van der Waals surface area contributed by atoms with Gasteiger partial charge in [-0.05, 0) is 26.7 Å². The Morgan fingerprint density at radius 3 is 2.79 bits per heavy atom. The second-order valence-electron chi connectivity index (χ2n) is 8.21. The zero-order valence-corrected chi connectivity index (χ0v) is 16.2. The van der Waals surface area contributed by atoms with Gasteiger partial charge in [-0.25, -0.2) is 15.0 Å². The Kier molecular flexibility index (Phi) is 4.27. The molecular formula is C20H25N5O3. The van der Waals surface area contributed by atoms with Crippen LogP contribution in [0.15, 0.2) is 12.7 Å². The monoisotopic (exact) mass is 383 g/mol. The number of imidazole rings is 1. The highest BCUT2D eigenvalue weighted by Crippen LogP contribution is 2.44. The summed E-state index contributed by atoms with van der Waals surface area (Å²) < 4.78 is 20.4. The number of fused-ring (bicyclic) bond motifs is 2. The van der Waals surface area contributed by atoms with Gasteiger partial charge in [0.25, 0.3) is 0 Å². The number of hydrogen-bond donors (Lipinski definition) is 1. The number of terminal acetylenes is 1. The molecule has 2 aromatic heterocycles. The maximum atomic E-state index is 6.24. The first kappa shape index (κ1) is 17.9. The molecule has 4 heterocycles. The van der Waals surface area contributed by atoms with Crippen molar-refractivity contribution < 1.29 is 14.2 Å². The van der Waals surface area contributed by atoms with Crippen molar-refractivity contribution in [2.45, 2.75) is 82.3 Å². The number of ether oxygens (including phenoxy) is 3. The molecule has 148 valence electrons. The van der Waals surface area contributed by atoms with Gasteiger partial charge in [0.1, 0.15) is 24.6 Å². The van der Waals surface area contributed by atoms with E-state index in [0.717, 1.165) is 24.2 Å². The third-order valence-corrected chi connectivity index (χ3v) is 5.77. The van der Waals surface area contributed by atoms with Crippen molar-refractivity contribution in [3.63, 3.8) is 0 Å². The van der Waals surface area contributed by atoms with Crippen LogP contribution in [0.3, 0.4) is 0 Å². The van der Waals surface area contributed by atoms with Crippen LogP contribution < -0.4 is 5.32 Å². The smallest absolute Gasteiger partial charge is 0.167 e. The van der Waals surface area contributed by atoms with Crippen molar-refractivity contribution in [3.8, 4) is 12.3 Å². The summed E-state index contributed by atoms with van der Waals surface area (Å²) in [4.78, 5) is 13.5. The zero-order valence-electron chi connectivity index (χ0n) is 16.2. The van der Waals surface area contributed by atoms with E-state index in [-0.39, 0.29) is 18.3 Å². The fourth-order valence-electron chi connectivity index (χ4n) is 4.57. The number of hydrogen-bond acceptors (Lipinski definition) is 7. The number of aromatic nitrogens is 4. The lowest BCUT2D eigenvalue weighted by Gasteiger charge is -2.24. The molecule has 1 unspecified atom stereocenters. The van der Waals surface area contributed by atoms with Crippen molar-refractivity contribution in [3.05, 3.63) is 12.7 Å². The Balaban J connectivity index is 1.48. The minimum absolute atomic E-state index is 0.216. The van der Waals surface area contributed by atoms with Crippen LogP contribution in [-0.4, -0.2) is 49.7 Å². The van der Waals surface area contributed by atoms with Crippen LogP contribution in [0.25, 0.3) is 11.2 Å². The van der Waals surface area contributed by atoms with Gasteiger partial charge in [0.05, 0.1) is 6.33 Å². The van der Waals surface area contributed by atoms with E-state index in [4.69, 9.17) is 20.6 Å². The fraction of sp³-hybridized carbons (Fsp3) is 0.650. The van der Waals surface area contributed by atoms with E-state index in [1.54, 1.807) is 12.7 Å². The summed E-state index contributed by atoms with van der Waals surface area (Å²) in [5, 5.41) is 3.53. The van der Waals surface area contributed by atoms with Crippen LogP contribution in [0.5, 0.6) is 0 Å². The molecule has 0 amide bonds. The molecule has 1 N–H and O–H groups in total. The summed E-state index contributed by atoms with van der Waals surface area (Å²) in [6.45, 7) is 3.82. The molecule has 28 heavy (non-hydrogen) atoms. The Morgan fingerprint density at radius 1 is 1.21 bits per heavy atom. The van der Waals surface area contributed by atoms with Crippen molar-refractivity contribution in [1.29, 1.82) is 0 Å². The van der Waals surface area contributed by atoms with Gasteiger partial charge in [0, 0.05) is 12.5 Å². The average molecular weight is 383 g/mol. The molecule has 4 atom stereocenters. The lowest BCUT2D eigenvalue weighted by atomic mass is 10.1. The predicted octanol–water partition coefficient (Wildman–Crippen LogP) is 2.62. The van der Waals surface area contributed by atoms with Gasteiger partial charge in [-0.15, -0.1) is 12.3 Å². The van der Waals surface area contributed by atoms with Crippen LogP contribution in [0.1, 0.15) is 52.2 Å². The molecule has 0 spiro atoms. The van der Waals surface area contributed by atoms with E-state index in [0.29, 0.717) is 18.1 Å². The van der Waals surface area contributed by atoms with Crippen molar-refractivity contribution in [2.24, 2.45) is 0 Å². The fourth-order valence-corrected chi connectivity index (χ4v) is 4.57. The van der Waals surface area contributed by atoms with E-state index in [2.05, 4.69) is 26.2 Å². The van der Waals surface area contributed by atoms with Crippen LogP contribution in [0, 0.1) is 12.3 Å². The minimum atomic E-state index is -0.676. The topological polar surface area (TPSA) is 83.3 Å². The highest BCUT2D eigenvalue weighted by Gasteiger charge is 2.55. The zero-order chi connectivity index (χ0) is 19.3. The molecule has 1 aliphatic carbocycles. The van der Waals surface area contributed by atoms with Gasteiger partial charge < -0.3 is 19.5 Å². The van der Waals surface area contributed by atoms with Gasteiger partial charge >= 0.3 is 0 Å². The van der Waals surface area contributed by atoms with E-state index >= 15 is 0 Å². The quantitative estimate of drug-likeness (QED) is 0.813. The first-order valence-corrected chi connectivity index (χ1v) is 9.94. The van der Waals surface area contributed by atoms with Crippen LogP contribution in [-0.2, 0) is 14.2 Å². The van der Waals surface area contributed by atoms with E-state index in [1.807, 2.05) is 18.4 Å². The van der Waals surface area contributed by atoms with Crippen molar-refractivity contribution in [2.75, 3.05) is 5.32 Å². The summed E-state index contributed by atoms with van der Waals surface area (Å²) in [6, 6.07) is 0.447. The average Bonchev–Trinajstić information content (AvgIpc) is 3.41. The minimum Gasteiger partial charge on any atom is -0.365 e. The van der Waals surface area contributed by atoms with Crippen molar-refractivity contribution >= 4 is 17.0 Å². The Hall–Kier alpha value is -2.21. The number of nitrogens with one attached hydrogen (secondary N) is 1. The van der Waals surface area contributed by atoms with E-state index < -0.39 is 12.0 Å². The molecular weight excluding hydrogens is 358 g/mol. The molecule has 2 aromatic rings. The van der Waals surface area contributed by atoms with E-state index in [9.17, 15) is 0 Å². The number of anilines is 1. The standard InChI is InChI=1S/C20H25N5O3/c1-4-7-13-15-16(28-20(2,3)27-15)19(26-13)25-11-23-14-17(21-10-22-18(14)25)24-12-8-5-6-9-12/h1,10-13,15-16,19H,5-9H2,2-3H3,(H,21,22,24)/t13-,15?,16+,19-/m1/s1. The maximum Gasteiger partial charge on any atom is 0.167 e. The SMILES string of the molecule is C#CC[C@H]1O[C@@H](n2cnc3c(NC4CCCC4)ncnc32)[C@H]2OC(C)(C)OC12. The van der Waals surface area contributed by atoms with Crippen LogP contribution in [0.4, 0.5) is 5.82 Å². The highest BCUT2D eigenvalue weighted by molar-refractivity contribution is 5.82. The van der Waals surface area contributed by atoms with Gasteiger partial charge in [-0.1, -0.05) is 12.8 Å². The Labute approximate surface area is 164 Å². The lowest BCUT2D eigenvalue weighted by Crippen LogP contribution is -2.29. The molecule has 3 aliphatic rings. The predicted molar refractivity (Wildman–Crippen MR) is 102 cm³/mol. The lowest BCUT2D eigenvalue weighted by molar-refractivity contribution is -0.195. The van der Waals surface area contributed by atoms with E-state index in [1.165, 1.54) is 12.8 Å². The number of rotatable bonds is 4. The Morgan fingerprint density at radius 2 is 2.00 bits per heavy atom. The third kappa shape index (κ3) is 2.94. The van der Waals surface area contributed by atoms with Gasteiger partial charge in [0.15, 0.2) is 29.0 Å². The van der Waals surface area contributed by atoms with Crippen LogP contribution in [0.2, 0.25) is 0 Å². The number of nitrogens with zero attached hydrogens (tertiary/aromatic N) is 4. The molecule has 0 radical (unpaired) electrons. The summed E-state index contributed by atoms with van der Waals surface area (Å²) in [7, 11) is 0. The molecule has 3 fully saturated rings. The highest BCUT2D eigenvalue weighted by atomic mass is 16.8. The molecule has 1 saturated carbocycles. The summed E-state index contributed by atoms with van der Waals surface area (Å²) >= 11 is 0. The normalized spacial score (nSPS) is 31.9. The summed E-state index contributed by atoms with van der Waals surface area (Å²) in [5.74, 6) is 2.78. The first-order valence-electron chi connectivity index (χ1n) is 9.94. The summed E-state index contributed by atoms with van der Waals surface area (Å²) in [5.41, 5.74) is 1.46. The molecule has 0 aromatic carbocycles. The second-order valence-corrected chi connectivity index (χ2v) is 8.21. The second kappa shape index (κ2) is 6.69. The third-order valence-electron chi connectivity index (χ3n) is 5.77. The molecule has 2 saturated heterocycles. The van der Waals surface area contributed by atoms with Gasteiger partial charge in [-0.2, -0.15) is 0 Å². The summed E-state index contributed by atoms with van der Waals surface area (Å²) in [6.07, 6.45) is 13.0. The van der Waals surface area contributed by atoms with Gasteiger partial charge in [0.2, 0.25) is 0 Å². The largest absolute Gasteiger partial charge is 0.365 e. The first-order chi connectivity index (χ1) is 13.6. The molecule has 0 bridgehead atoms. The maximum absolute atomic E-state index is 6.24. The molecule has 2 aliphatic heterocycles. The van der Waals surface area contributed by atoms with Gasteiger partial charge in [-0.3, -0.25) is 4.57 Å². The van der Waals surface area contributed by atoms with Crippen LogP contribution >= 0.6 is 0 Å². The Bertz CT molecular complexity index is 914. The molecule has 5 rings (SSSR count).